The molecular weight excluding hydrogens is 564 g/mol. The highest BCUT2D eigenvalue weighted by atomic mass is 16.6. The van der Waals surface area contributed by atoms with Crippen molar-refractivity contribution in [3.05, 3.63) is 53.6 Å². The van der Waals surface area contributed by atoms with Crippen LogP contribution in [-0.4, -0.2) is 59.1 Å². The highest BCUT2D eigenvalue weighted by Gasteiger charge is 2.37. The smallest absolute Gasteiger partial charge is 0.408 e. The molecule has 2 unspecified atom stereocenters. The number of nitrogens with one attached hydrogen (secondary N) is 2. The molecule has 2 aromatic carbocycles. The normalized spacial score (nSPS) is 12.5. The van der Waals surface area contributed by atoms with Crippen LogP contribution in [0.4, 0.5) is 10.5 Å². The van der Waals surface area contributed by atoms with Gasteiger partial charge in [0.2, 0.25) is 11.8 Å². The van der Waals surface area contributed by atoms with Crippen LogP contribution >= 0.6 is 0 Å². The van der Waals surface area contributed by atoms with E-state index in [1.807, 2.05) is 0 Å². The Balaban J connectivity index is 2.59. The summed E-state index contributed by atoms with van der Waals surface area (Å²) < 4.78 is 10.6. The van der Waals surface area contributed by atoms with Gasteiger partial charge in [0, 0.05) is 24.2 Å². The number of aromatic hydroxyl groups is 1. The van der Waals surface area contributed by atoms with Gasteiger partial charge in [0.15, 0.2) is 0 Å². The monoisotopic (exact) mass is 612 g/mol. The number of carbonyl (C=O) groups excluding carboxylic acids is 4. The van der Waals surface area contributed by atoms with Crippen LogP contribution in [0, 0.1) is 6.92 Å². The Morgan fingerprint density at radius 3 is 2.25 bits per heavy atom. The SMILES string of the molecule is CCCCCCCN(C(=O)C(CCC(N)=O)NC(=O)OC(C)(C)C)C(C(=O)Nc1ccc(OC)cc1)c1cccc(C)c1O. The van der Waals surface area contributed by atoms with Gasteiger partial charge in [-0.1, -0.05) is 50.8 Å². The quantitative estimate of drug-likeness (QED) is 0.186. The lowest BCUT2D eigenvalue weighted by atomic mass is 9.98. The molecule has 44 heavy (non-hydrogen) atoms. The average Bonchev–Trinajstić information content (AvgIpc) is 2.95. The maximum absolute atomic E-state index is 14.4. The Labute approximate surface area is 260 Å². The molecule has 0 bridgehead atoms. The first-order chi connectivity index (χ1) is 20.8. The number of hydrogen-bond donors (Lipinski definition) is 4. The van der Waals surface area contributed by atoms with E-state index in [9.17, 15) is 24.3 Å². The molecule has 2 atom stereocenters. The molecule has 0 fully saturated rings. The van der Waals surface area contributed by atoms with E-state index in [4.69, 9.17) is 15.2 Å². The lowest BCUT2D eigenvalue weighted by molar-refractivity contribution is -0.141. The predicted molar refractivity (Wildman–Crippen MR) is 169 cm³/mol. The van der Waals surface area contributed by atoms with Gasteiger partial charge in [-0.05, 0) is 70.4 Å². The number of benzene rings is 2. The Morgan fingerprint density at radius 1 is 1.00 bits per heavy atom. The molecule has 0 saturated heterocycles. The molecule has 0 aliphatic heterocycles. The van der Waals surface area contributed by atoms with Crippen LogP contribution in [0.3, 0.4) is 0 Å². The molecule has 0 spiro atoms. The fourth-order valence-corrected chi connectivity index (χ4v) is 4.68. The Morgan fingerprint density at radius 2 is 1.66 bits per heavy atom. The van der Waals surface area contributed by atoms with E-state index in [0.717, 1.165) is 25.7 Å². The fourth-order valence-electron chi connectivity index (χ4n) is 4.68. The second-order valence-corrected chi connectivity index (χ2v) is 11.8. The van der Waals surface area contributed by atoms with Gasteiger partial charge >= 0.3 is 6.09 Å². The summed E-state index contributed by atoms with van der Waals surface area (Å²) in [7, 11) is 1.54. The van der Waals surface area contributed by atoms with Gasteiger partial charge in [-0.2, -0.15) is 0 Å². The Kier molecular flexibility index (Phi) is 14.0. The van der Waals surface area contributed by atoms with Crippen molar-refractivity contribution in [2.45, 2.75) is 97.2 Å². The zero-order valence-corrected chi connectivity index (χ0v) is 26.8. The van der Waals surface area contributed by atoms with Crippen LogP contribution in [-0.2, 0) is 19.1 Å². The zero-order chi connectivity index (χ0) is 32.9. The molecule has 4 amide bonds. The minimum absolute atomic E-state index is 0.105. The fraction of sp³-hybridized carbons (Fsp3) is 0.515. The summed E-state index contributed by atoms with van der Waals surface area (Å²) in [5, 5.41) is 16.6. The van der Waals surface area contributed by atoms with Gasteiger partial charge in [-0.25, -0.2) is 4.79 Å². The van der Waals surface area contributed by atoms with E-state index < -0.39 is 41.5 Å². The molecule has 2 rings (SSSR count). The first-order valence-electron chi connectivity index (χ1n) is 15.1. The molecule has 11 heteroatoms. The molecule has 2 aromatic rings. The van der Waals surface area contributed by atoms with Crippen LogP contribution in [0.1, 0.15) is 89.8 Å². The van der Waals surface area contributed by atoms with Crippen LogP contribution in [0.25, 0.3) is 0 Å². The molecule has 0 aliphatic carbocycles. The molecule has 242 valence electrons. The van der Waals surface area contributed by atoms with E-state index in [0.29, 0.717) is 23.4 Å². The molecule has 0 radical (unpaired) electrons. The molecule has 11 nitrogen and oxygen atoms in total. The molecule has 0 aliphatic rings. The summed E-state index contributed by atoms with van der Waals surface area (Å²) in [6.07, 6.45) is 3.23. The molecular formula is C33H48N4O7. The molecule has 0 aromatic heterocycles. The summed E-state index contributed by atoms with van der Waals surface area (Å²) >= 11 is 0. The number of phenolic OH excluding ortho intramolecular Hbond substituents is 1. The van der Waals surface area contributed by atoms with Crippen molar-refractivity contribution in [3.63, 3.8) is 0 Å². The number of nitrogens with zero attached hydrogens (tertiary/aromatic N) is 1. The van der Waals surface area contributed by atoms with Gasteiger partial charge in [0.05, 0.1) is 7.11 Å². The number of methoxy groups -OCH3 is 1. The van der Waals surface area contributed by atoms with Gasteiger partial charge in [0.1, 0.15) is 29.2 Å². The lowest BCUT2D eigenvalue weighted by Crippen LogP contribution is -2.52. The van der Waals surface area contributed by atoms with E-state index in [1.165, 1.54) is 12.0 Å². The maximum Gasteiger partial charge on any atom is 0.408 e. The first kappa shape index (κ1) is 35.9. The summed E-state index contributed by atoms with van der Waals surface area (Å²) in [4.78, 5) is 54.3. The maximum atomic E-state index is 14.4. The molecule has 0 heterocycles. The number of para-hydroxylation sites is 1. The third-order valence-corrected chi connectivity index (χ3v) is 6.94. The summed E-state index contributed by atoms with van der Waals surface area (Å²) in [5.41, 5.74) is 5.78. The van der Waals surface area contributed by atoms with Gasteiger partial charge in [0.25, 0.3) is 5.91 Å². The van der Waals surface area contributed by atoms with Crippen molar-refractivity contribution in [2.75, 3.05) is 19.0 Å². The number of aryl methyl sites for hydroxylation is 1. The van der Waals surface area contributed by atoms with Crippen molar-refractivity contribution >= 4 is 29.5 Å². The van der Waals surface area contributed by atoms with Crippen molar-refractivity contribution < 1.29 is 33.8 Å². The van der Waals surface area contributed by atoms with Gasteiger partial charge in [-0.15, -0.1) is 0 Å². The number of rotatable bonds is 16. The van der Waals surface area contributed by atoms with Crippen molar-refractivity contribution in [2.24, 2.45) is 5.73 Å². The van der Waals surface area contributed by atoms with E-state index in [1.54, 1.807) is 70.2 Å². The second kappa shape index (κ2) is 17.1. The minimum Gasteiger partial charge on any atom is -0.507 e. The summed E-state index contributed by atoms with van der Waals surface area (Å²) in [6, 6.07) is 9.22. The first-order valence-corrected chi connectivity index (χ1v) is 15.1. The third-order valence-electron chi connectivity index (χ3n) is 6.94. The second-order valence-electron chi connectivity index (χ2n) is 11.8. The van der Waals surface area contributed by atoms with Crippen LogP contribution < -0.4 is 21.1 Å². The number of primary amides is 1. The van der Waals surface area contributed by atoms with Crippen LogP contribution in [0.15, 0.2) is 42.5 Å². The number of hydrogen-bond acceptors (Lipinski definition) is 7. The number of phenols is 1. The van der Waals surface area contributed by atoms with E-state index in [-0.39, 0.29) is 30.7 Å². The number of unbranched alkanes of at least 4 members (excludes halogenated alkanes) is 4. The largest absolute Gasteiger partial charge is 0.507 e. The third kappa shape index (κ3) is 11.4. The number of amides is 4. The average molecular weight is 613 g/mol. The van der Waals surface area contributed by atoms with E-state index >= 15 is 0 Å². The minimum atomic E-state index is -1.27. The van der Waals surface area contributed by atoms with Crippen molar-refractivity contribution in [1.29, 1.82) is 0 Å². The Bertz CT molecular complexity index is 1260. The number of nitrogens with two attached hydrogens (primary N) is 1. The zero-order valence-electron chi connectivity index (χ0n) is 26.8. The molecule has 5 N–H and O–H groups in total. The van der Waals surface area contributed by atoms with Gasteiger partial charge in [-0.3, -0.25) is 14.4 Å². The summed E-state index contributed by atoms with van der Waals surface area (Å²) in [5.74, 6) is -1.34. The Hall–Kier alpha value is -4.28. The standard InChI is InChI=1S/C33H48N4O7/c1-7-8-9-10-11-21-37(31(41)26(19-20-27(34)38)36-32(42)44-33(3,4)5)28(25-14-12-13-22(2)29(25)39)30(40)35-23-15-17-24(43-6)18-16-23/h12-18,26,28,39H,7-11,19-21H2,1-6H3,(H2,34,38)(H,35,40)(H,36,42). The predicted octanol–water partition coefficient (Wildman–Crippen LogP) is 5.35. The number of alkyl carbamates (subject to hydrolysis) is 1. The van der Waals surface area contributed by atoms with Gasteiger partial charge < -0.3 is 35.8 Å². The van der Waals surface area contributed by atoms with Crippen LogP contribution in [0.2, 0.25) is 0 Å². The highest BCUT2D eigenvalue weighted by molar-refractivity contribution is 5.99. The van der Waals surface area contributed by atoms with Crippen LogP contribution in [0.5, 0.6) is 11.5 Å². The number of anilines is 1. The highest BCUT2D eigenvalue weighted by Crippen LogP contribution is 2.34. The number of carbonyl (C=O) groups is 4. The van der Waals surface area contributed by atoms with Crippen molar-refractivity contribution in [3.8, 4) is 11.5 Å². The van der Waals surface area contributed by atoms with E-state index in [2.05, 4.69) is 17.6 Å². The summed E-state index contributed by atoms with van der Waals surface area (Å²) in [6.45, 7) is 9.02. The van der Waals surface area contributed by atoms with Crippen molar-refractivity contribution in [1.82, 2.24) is 10.2 Å². The topological polar surface area (TPSA) is 160 Å². The molecule has 0 saturated carbocycles. The lowest BCUT2D eigenvalue weighted by Gasteiger charge is -2.35. The number of ether oxygens (including phenoxy) is 2.